The predicted octanol–water partition coefficient (Wildman–Crippen LogP) is 4.82. The third kappa shape index (κ3) is 5.45. The lowest BCUT2D eigenvalue weighted by Crippen LogP contribution is -2.45. The quantitative estimate of drug-likeness (QED) is 0.473. The van der Waals surface area contributed by atoms with Crippen LogP contribution in [0, 0.1) is 5.82 Å². The summed E-state index contributed by atoms with van der Waals surface area (Å²) >= 11 is 12.6. The number of carbonyl (C=O) groups excluding carboxylic acids is 1. The van der Waals surface area contributed by atoms with Gasteiger partial charge in [-0.1, -0.05) is 48.2 Å². The minimum Gasteiger partial charge on any atom is -0.391 e. The molecule has 0 radical (unpaired) electrons. The Balaban J connectivity index is 1.68. The molecule has 194 valence electrons. The number of nitrogens with zero attached hydrogens (tertiary/aromatic N) is 2. The number of aliphatic hydroxyl groups is 1. The van der Waals surface area contributed by atoms with Gasteiger partial charge in [0.25, 0.3) is 5.91 Å². The molecule has 7 nitrogen and oxygen atoms in total. The molecule has 5 rings (SSSR count). The summed E-state index contributed by atoms with van der Waals surface area (Å²) in [4.78, 5) is 13.4. The van der Waals surface area contributed by atoms with Gasteiger partial charge in [0.05, 0.1) is 40.1 Å². The van der Waals surface area contributed by atoms with Crippen LogP contribution >= 0.6 is 23.2 Å². The van der Waals surface area contributed by atoms with Gasteiger partial charge in [-0.3, -0.25) is 4.79 Å². The van der Waals surface area contributed by atoms with Gasteiger partial charge in [-0.25, -0.2) is 17.5 Å². The third-order valence-electron chi connectivity index (χ3n) is 6.64. The molecule has 0 unspecified atom stereocenters. The number of rotatable bonds is 4. The summed E-state index contributed by atoms with van der Waals surface area (Å²) in [5.74, 6) is -1.66. The molecule has 0 spiro atoms. The van der Waals surface area contributed by atoms with Crippen LogP contribution in [0.25, 0.3) is 17.3 Å². The Morgan fingerprint density at radius 3 is 2.54 bits per heavy atom. The second-order valence-corrected chi connectivity index (χ2v) is 12.3. The zero-order valence-electron chi connectivity index (χ0n) is 19.6. The van der Waals surface area contributed by atoms with Crippen molar-refractivity contribution in [2.24, 2.45) is 0 Å². The first-order valence-corrected chi connectivity index (χ1v) is 14.4. The van der Waals surface area contributed by atoms with Crippen molar-refractivity contribution < 1.29 is 22.7 Å². The van der Waals surface area contributed by atoms with Crippen LogP contribution in [0.1, 0.15) is 53.0 Å². The lowest BCUT2D eigenvalue weighted by Gasteiger charge is -2.28. The maximum Gasteiger partial charge on any atom is 0.272 e. The number of hydrogen-bond donors (Lipinski definition) is 2. The topological polar surface area (TPSA) is 101 Å². The molecule has 3 aromatic rings. The Morgan fingerprint density at radius 1 is 1.11 bits per heavy atom. The van der Waals surface area contributed by atoms with Crippen molar-refractivity contribution in [2.75, 3.05) is 5.75 Å². The minimum absolute atomic E-state index is 0.0490. The number of aliphatic hydroxyl groups excluding tert-OH is 1. The standard InChI is InChI=1S/C26H24Cl2FN3O4S/c27-17-7-10-22(20(28)12-17)32-25-16(11-15-5-8-18(29)9-6-15)13-37(35,36)14-19(25)24(31-32)26(34)30-21-3-1-2-4-23(21)33/h5-12,21,23,33H,1-4,13-14H2,(H,30,34)/b16-11+/t21-,23-/m0/s1. The van der Waals surface area contributed by atoms with Crippen LogP contribution in [-0.2, 0) is 15.6 Å². The van der Waals surface area contributed by atoms with Crippen molar-refractivity contribution >= 4 is 50.6 Å². The highest BCUT2D eigenvalue weighted by Crippen LogP contribution is 2.37. The molecular weight excluding hydrogens is 540 g/mol. The average Bonchev–Trinajstić information content (AvgIpc) is 3.20. The molecule has 1 aromatic heterocycles. The van der Waals surface area contributed by atoms with Crippen LogP contribution in [0.5, 0.6) is 0 Å². The Labute approximate surface area is 223 Å². The normalized spacial score (nSPS) is 22.0. The maximum absolute atomic E-state index is 13.5. The van der Waals surface area contributed by atoms with Crippen molar-refractivity contribution in [1.29, 1.82) is 0 Å². The molecule has 2 aromatic carbocycles. The molecule has 1 fully saturated rings. The monoisotopic (exact) mass is 563 g/mol. The van der Waals surface area contributed by atoms with Crippen LogP contribution in [0.4, 0.5) is 4.39 Å². The summed E-state index contributed by atoms with van der Waals surface area (Å²) in [5, 5.41) is 18.4. The molecule has 0 bridgehead atoms. The number of carbonyl (C=O) groups is 1. The molecule has 2 atom stereocenters. The molecule has 1 aliphatic heterocycles. The highest BCUT2D eigenvalue weighted by Gasteiger charge is 2.36. The molecule has 1 saturated carbocycles. The van der Waals surface area contributed by atoms with Gasteiger partial charge in [0.15, 0.2) is 15.5 Å². The fourth-order valence-corrected chi connectivity index (χ4v) is 6.89. The van der Waals surface area contributed by atoms with Crippen LogP contribution in [0.15, 0.2) is 42.5 Å². The zero-order chi connectivity index (χ0) is 26.3. The second-order valence-electron chi connectivity index (χ2n) is 9.37. The van der Waals surface area contributed by atoms with E-state index in [4.69, 9.17) is 23.2 Å². The number of sulfone groups is 1. The van der Waals surface area contributed by atoms with Crippen LogP contribution < -0.4 is 5.32 Å². The Hall–Kier alpha value is -2.72. The molecule has 37 heavy (non-hydrogen) atoms. The number of benzene rings is 2. The molecule has 1 aliphatic carbocycles. The zero-order valence-corrected chi connectivity index (χ0v) is 22.0. The summed E-state index contributed by atoms with van der Waals surface area (Å²) in [6.07, 6.45) is 3.91. The predicted molar refractivity (Wildman–Crippen MR) is 141 cm³/mol. The maximum atomic E-state index is 13.5. The summed E-state index contributed by atoms with van der Waals surface area (Å²) < 4.78 is 40.9. The molecule has 0 saturated heterocycles. The van der Waals surface area contributed by atoms with E-state index in [0.717, 1.165) is 12.8 Å². The van der Waals surface area contributed by atoms with Crippen molar-refractivity contribution in [3.63, 3.8) is 0 Å². The largest absolute Gasteiger partial charge is 0.391 e. The van der Waals surface area contributed by atoms with E-state index in [0.29, 0.717) is 40.4 Å². The minimum atomic E-state index is -3.64. The number of hydrogen-bond acceptors (Lipinski definition) is 5. The van der Waals surface area contributed by atoms with Gasteiger partial charge >= 0.3 is 0 Å². The van der Waals surface area contributed by atoms with E-state index in [-0.39, 0.29) is 27.8 Å². The van der Waals surface area contributed by atoms with E-state index in [1.54, 1.807) is 18.2 Å². The van der Waals surface area contributed by atoms with Crippen molar-refractivity contribution in [2.45, 2.75) is 43.6 Å². The van der Waals surface area contributed by atoms with Crippen molar-refractivity contribution in [1.82, 2.24) is 15.1 Å². The Kier molecular flexibility index (Phi) is 7.15. The summed E-state index contributed by atoms with van der Waals surface area (Å²) in [5.41, 5.74) is 2.02. The molecule has 2 heterocycles. The molecule has 1 amide bonds. The summed E-state index contributed by atoms with van der Waals surface area (Å²) in [6, 6.07) is 10.00. The van der Waals surface area contributed by atoms with E-state index in [2.05, 4.69) is 10.4 Å². The number of amides is 1. The van der Waals surface area contributed by atoms with E-state index in [1.807, 2.05) is 0 Å². The number of halogens is 3. The Morgan fingerprint density at radius 2 is 1.84 bits per heavy atom. The van der Waals surface area contributed by atoms with Gasteiger partial charge in [-0.15, -0.1) is 0 Å². The van der Waals surface area contributed by atoms with E-state index in [1.165, 1.54) is 35.0 Å². The third-order valence-corrected chi connectivity index (χ3v) is 8.65. The second kappa shape index (κ2) is 10.2. The first-order chi connectivity index (χ1) is 17.6. The van der Waals surface area contributed by atoms with E-state index >= 15 is 0 Å². The first kappa shape index (κ1) is 25.9. The number of nitrogens with one attached hydrogen (secondary N) is 1. The lowest BCUT2D eigenvalue weighted by atomic mass is 9.92. The fourth-order valence-electron chi connectivity index (χ4n) is 4.89. The van der Waals surface area contributed by atoms with Gasteiger partial charge in [0.2, 0.25) is 0 Å². The Bertz CT molecular complexity index is 1500. The highest BCUT2D eigenvalue weighted by molar-refractivity contribution is 7.91. The van der Waals surface area contributed by atoms with E-state index < -0.39 is 33.7 Å². The highest BCUT2D eigenvalue weighted by atomic mass is 35.5. The van der Waals surface area contributed by atoms with Gasteiger partial charge in [0, 0.05) is 10.6 Å². The van der Waals surface area contributed by atoms with Gasteiger partial charge in [0.1, 0.15) is 5.82 Å². The van der Waals surface area contributed by atoms with Crippen LogP contribution in [0.2, 0.25) is 10.0 Å². The van der Waals surface area contributed by atoms with Gasteiger partial charge in [-0.2, -0.15) is 5.10 Å². The molecular formula is C26H24Cl2FN3O4S. The van der Waals surface area contributed by atoms with Crippen molar-refractivity contribution in [3.8, 4) is 5.69 Å². The SMILES string of the molecule is O=C(N[C@H]1CCCC[C@@H]1O)c1nn(-c2ccc(Cl)cc2Cl)c2c1CS(=O)(=O)C/C2=C\c1ccc(F)cc1. The van der Waals surface area contributed by atoms with Crippen LogP contribution in [-0.4, -0.2) is 47.1 Å². The number of fused-ring (bicyclic) bond motifs is 1. The first-order valence-electron chi connectivity index (χ1n) is 11.8. The molecule has 11 heteroatoms. The number of aromatic nitrogens is 2. The van der Waals surface area contributed by atoms with Gasteiger partial charge < -0.3 is 10.4 Å². The smallest absolute Gasteiger partial charge is 0.272 e. The van der Waals surface area contributed by atoms with Gasteiger partial charge in [-0.05, 0) is 60.4 Å². The summed E-state index contributed by atoms with van der Waals surface area (Å²) in [6.45, 7) is 0. The fraction of sp³-hybridized carbons (Fsp3) is 0.308. The van der Waals surface area contributed by atoms with Crippen LogP contribution in [0.3, 0.4) is 0 Å². The van der Waals surface area contributed by atoms with Crippen molar-refractivity contribution in [3.05, 3.63) is 80.8 Å². The van der Waals surface area contributed by atoms with E-state index in [9.17, 15) is 22.7 Å². The molecule has 2 aliphatic rings. The summed E-state index contributed by atoms with van der Waals surface area (Å²) in [7, 11) is -3.64. The average molecular weight is 564 g/mol. The lowest BCUT2D eigenvalue weighted by molar-refractivity contribution is 0.0713. The molecule has 2 N–H and O–H groups in total.